The third-order valence-corrected chi connectivity index (χ3v) is 6.55. The lowest BCUT2D eigenvalue weighted by Gasteiger charge is -2.11. The van der Waals surface area contributed by atoms with Gasteiger partial charge in [-0.25, -0.2) is 9.59 Å². The molecule has 0 saturated heterocycles. The highest BCUT2D eigenvalue weighted by atomic mass is 35.5. The van der Waals surface area contributed by atoms with Crippen LogP contribution in [0, 0.1) is 22.5 Å². The number of hydrogen-bond donors (Lipinski definition) is 0. The number of nitro benzene ring substituents is 1. The first-order valence-corrected chi connectivity index (χ1v) is 13.8. The number of rotatable bonds is 7. The summed E-state index contributed by atoms with van der Waals surface area (Å²) in [5.74, 6) is 1.98. The number of carbonyl (C=O) groups excluding carboxylic acids is 1. The number of nitro groups is 1. The van der Waals surface area contributed by atoms with Gasteiger partial charge in [-0.2, -0.15) is 4.68 Å². The van der Waals surface area contributed by atoms with Crippen molar-refractivity contribution in [3.63, 3.8) is 0 Å². The van der Waals surface area contributed by atoms with Gasteiger partial charge in [-0.1, -0.05) is 73.1 Å². The van der Waals surface area contributed by atoms with Crippen LogP contribution in [-0.2, 0) is 10.2 Å². The fourth-order valence-electron chi connectivity index (χ4n) is 3.34. The Morgan fingerprint density at radius 3 is 2.30 bits per heavy atom. The van der Waals surface area contributed by atoms with Crippen LogP contribution in [0.25, 0.3) is 5.69 Å². The molecule has 44 heavy (non-hydrogen) atoms. The molecule has 11 nitrogen and oxygen atoms in total. The van der Waals surface area contributed by atoms with Gasteiger partial charge in [0.15, 0.2) is 0 Å². The molecule has 1 heterocycles. The highest BCUT2D eigenvalue weighted by molar-refractivity contribution is 6.36. The number of ether oxygens (including phenoxy) is 3. The number of methoxy groups -OCH3 is 1. The number of esters is 1. The first-order chi connectivity index (χ1) is 20.7. The molecule has 4 aromatic rings. The highest BCUT2D eigenvalue weighted by Crippen LogP contribution is 2.34. The highest BCUT2D eigenvalue weighted by Gasteiger charge is 2.25. The maximum Gasteiger partial charge on any atom is 0.442 e. The second kappa shape index (κ2) is 14.5. The fraction of sp³-hybridized carbons (Fsp3) is 0.207. The summed E-state index contributed by atoms with van der Waals surface area (Å²) < 4.78 is 21.6. The smallest absolute Gasteiger partial charge is 0.442 e. The number of terminal acetylenes is 1. The van der Waals surface area contributed by atoms with Crippen molar-refractivity contribution in [1.82, 2.24) is 9.78 Å². The Morgan fingerprint density at radius 1 is 1.05 bits per heavy atom. The SMILES string of the molecule is C#CCOc1cc(-n2nc(C(C)(C)C)oc2=O)c(Cl)cc1Cl.COC(=O)c1cc(Oc2ccc(Cl)cc2Cl)ccc1[N+](=O)[O-]. The Kier molecular flexibility index (Phi) is 11.3. The van der Waals surface area contributed by atoms with Crippen LogP contribution < -0.4 is 15.2 Å². The monoisotopic (exact) mass is 681 g/mol. The van der Waals surface area contributed by atoms with Crippen molar-refractivity contribution >= 4 is 58.1 Å². The molecule has 0 saturated carbocycles. The van der Waals surface area contributed by atoms with Crippen molar-refractivity contribution in [2.24, 2.45) is 0 Å². The average molecular weight is 683 g/mol. The maximum absolute atomic E-state index is 12.0. The number of carbonyl (C=O) groups is 1. The van der Waals surface area contributed by atoms with Crippen molar-refractivity contribution in [1.29, 1.82) is 0 Å². The second-order valence-electron chi connectivity index (χ2n) is 9.67. The minimum Gasteiger partial charge on any atom is -0.479 e. The van der Waals surface area contributed by atoms with Crippen LogP contribution in [0.15, 0.2) is 57.7 Å². The summed E-state index contributed by atoms with van der Waals surface area (Å²) in [5.41, 5.74) is -0.689. The Balaban J connectivity index is 0.000000240. The summed E-state index contributed by atoms with van der Waals surface area (Å²) in [4.78, 5) is 33.9. The Morgan fingerprint density at radius 2 is 1.73 bits per heavy atom. The number of hydrogen-bond acceptors (Lipinski definition) is 9. The Hall–Kier alpha value is -4.21. The summed E-state index contributed by atoms with van der Waals surface area (Å²) in [6.07, 6.45) is 5.15. The van der Waals surface area contributed by atoms with E-state index in [9.17, 15) is 19.7 Å². The van der Waals surface area contributed by atoms with Gasteiger partial charge in [-0.15, -0.1) is 11.5 Å². The first kappa shape index (κ1) is 34.3. The molecule has 0 aliphatic carbocycles. The van der Waals surface area contributed by atoms with Crippen molar-refractivity contribution in [2.45, 2.75) is 26.2 Å². The number of nitrogens with zero attached hydrogens (tertiary/aromatic N) is 3. The summed E-state index contributed by atoms with van der Waals surface area (Å²) in [6.45, 7) is 5.69. The molecule has 0 aliphatic heterocycles. The Bertz CT molecular complexity index is 1810. The van der Waals surface area contributed by atoms with E-state index in [0.717, 1.165) is 17.9 Å². The molecule has 0 radical (unpaired) electrons. The van der Waals surface area contributed by atoms with Crippen LogP contribution in [0.3, 0.4) is 0 Å². The minimum atomic E-state index is -0.834. The summed E-state index contributed by atoms with van der Waals surface area (Å²) in [7, 11) is 1.13. The number of benzene rings is 3. The zero-order valence-corrected chi connectivity index (χ0v) is 26.5. The molecule has 0 unspecified atom stereocenters. The Labute approximate surface area is 271 Å². The lowest BCUT2D eigenvalue weighted by atomic mass is 9.97. The second-order valence-corrected chi connectivity index (χ2v) is 11.3. The molecule has 0 N–H and O–H groups in total. The van der Waals surface area contributed by atoms with Gasteiger partial charge < -0.3 is 18.6 Å². The molecule has 15 heteroatoms. The molecule has 0 spiro atoms. The van der Waals surface area contributed by atoms with Crippen LogP contribution >= 0.6 is 46.4 Å². The molecule has 4 rings (SSSR count). The predicted octanol–water partition coefficient (Wildman–Crippen LogP) is 7.92. The van der Waals surface area contributed by atoms with Crippen molar-refractivity contribution in [3.05, 3.63) is 101 Å². The molecule has 0 fully saturated rings. The van der Waals surface area contributed by atoms with E-state index >= 15 is 0 Å². The molecule has 3 aromatic carbocycles. The van der Waals surface area contributed by atoms with E-state index in [2.05, 4.69) is 15.8 Å². The van der Waals surface area contributed by atoms with Crippen LogP contribution in [0.2, 0.25) is 20.1 Å². The molecule has 0 bridgehead atoms. The van der Waals surface area contributed by atoms with E-state index < -0.39 is 22.1 Å². The predicted molar refractivity (Wildman–Crippen MR) is 166 cm³/mol. The molecular weight excluding hydrogens is 660 g/mol. The van der Waals surface area contributed by atoms with Gasteiger partial charge in [0.05, 0.1) is 32.8 Å². The zero-order valence-electron chi connectivity index (χ0n) is 23.5. The molecule has 1 aromatic heterocycles. The van der Waals surface area contributed by atoms with Crippen LogP contribution in [0.5, 0.6) is 17.2 Å². The van der Waals surface area contributed by atoms with Crippen molar-refractivity contribution < 1.29 is 28.3 Å². The van der Waals surface area contributed by atoms with Gasteiger partial charge in [0.1, 0.15) is 29.4 Å². The van der Waals surface area contributed by atoms with Gasteiger partial charge >= 0.3 is 11.7 Å². The zero-order chi connectivity index (χ0) is 32.8. The van der Waals surface area contributed by atoms with Crippen LogP contribution in [0.1, 0.15) is 37.0 Å². The quantitative estimate of drug-likeness (QED) is 0.0824. The molecule has 0 amide bonds. The van der Waals surface area contributed by atoms with E-state index in [1.807, 2.05) is 20.8 Å². The van der Waals surface area contributed by atoms with E-state index in [0.29, 0.717) is 28.1 Å². The molecular formula is C29H23Cl4N3O8. The first-order valence-electron chi connectivity index (χ1n) is 12.3. The average Bonchev–Trinajstić information content (AvgIpc) is 3.35. The van der Waals surface area contributed by atoms with Gasteiger partial charge in [0.25, 0.3) is 5.69 Å². The molecule has 230 valence electrons. The lowest BCUT2D eigenvalue weighted by Crippen LogP contribution is -2.15. The number of halogens is 4. The third-order valence-electron chi connectivity index (χ3n) is 5.42. The normalized spacial score (nSPS) is 10.7. The molecule has 0 aliphatic rings. The van der Waals surface area contributed by atoms with E-state index in [1.165, 1.54) is 30.3 Å². The summed E-state index contributed by atoms with van der Waals surface area (Å²) in [6, 6.07) is 11.3. The summed E-state index contributed by atoms with van der Waals surface area (Å²) in [5, 5.41) is 16.3. The lowest BCUT2D eigenvalue weighted by molar-refractivity contribution is -0.385. The fourth-order valence-corrected chi connectivity index (χ4v) is 4.31. The standard InChI is InChI=1S/C15H14Cl2N2O3.C14H9Cl2NO5/c1-5-6-21-12-8-11(9(16)7-10(12)17)19-14(20)22-13(18-19)15(2,3)4;1-21-14(18)10-7-9(3-4-12(10)17(19)20)22-13-5-2-8(15)6-11(13)16/h1,7-8H,6H2,2-4H3;2-7H,1H3. The maximum atomic E-state index is 12.0. The third kappa shape index (κ3) is 8.45. The number of aromatic nitrogens is 2. The minimum absolute atomic E-state index is 0.0434. The van der Waals surface area contributed by atoms with E-state index in [1.54, 1.807) is 12.1 Å². The van der Waals surface area contributed by atoms with E-state index in [-0.39, 0.29) is 38.7 Å². The molecule has 0 atom stereocenters. The van der Waals surface area contributed by atoms with Crippen LogP contribution in [0.4, 0.5) is 5.69 Å². The van der Waals surface area contributed by atoms with Gasteiger partial charge in [0, 0.05) is 28.6 Å². The van der Waals surface area contributed by atoms with Gasteiger partial charge in [-0.3, -0.25) is 10.1 Å². The topological polar surface area (TPSA) is 136 Å². The summed E-state index contributed by atoms with van der Waals surface area (Å²) >= 11 is 23.9. The largest absolute Gasteiger partial charge is 0.479 e. The van der Waals surface area contributed by atoms with E-state index in [4.69, 9.17) is 66.7 Å². The van der Waals surface area contributed by atoms with Crippen LogP contribution in [-0.4, -0.2) is 34.4 Å². The van der Waals surface area contributed by atoms with Crippen molar-refractivity contribution in [2.75, 3.05) is 13.7 Å². The van der Waals surface area contributed by atoms with Crippen molar-refractivity contribution in [3.8, 4) is 35.3 Å². The van der Waals surface area contributed by atoms with Gasteiger partial charge in [0.2, 0.25) is 5.89 Å². The van der Waals surface area contributed by atoms with Gasteiger partial charge in [-0.05, 0) is 30.3 Å².